The van der Waals surface area contributed by atoms with E-state index in [2.05, 4.69) is 10.1 Å². The summed E-state index contributed by atoms with van der Waals surface area (Å²) in [4.78, 5) is 0. The molecule has 0 saturated carbocycles. The second kappa shape index (κ2) is 5.91. The van der Waals surface area contributed by atoms with Crippen molar-refractivity contribution in [3.8, 4) is 5.75 Å². The molecule has 0 fully saturated rings. The Bertz CT molecular complexity index is 335. The van der Waals surface area contributed by atoms with Crippen molar-refractivity contribution < 1.29 is 17.9 Å². The van der Waals surface area contributed by atoms with Crippen LogP contribution >= 0.6 is 0 Å². The maximum Gasteiger partial charge on any atom is 0.422 e. The molecule has 2 nitrogen and oxygen atoms in total. The molecule has 0 heterocycles. The fourth-order valence-corrected chi connectivity index (χ4v) is 1.34. The molecule has 0 aliphatic heterocycles. The third kappa shape index (κ3) is 5.58. The molecule has 1 aromatic rings. The van der Waals surface area contributed by atoms with E-state index in [0.717, 1.165) is 12.0 Å². The molecule has 17 heavy (non-hydrogen) atoms. The number of hydrogen-bond donors (Lipinski definition) is 1. The summed E-state index contributed by atoms with van der Waals surface area (Å²) in [5.41, 5.74) is 1.06. The van der Waals surface area contributed by atoms with Gasteiger partial charge in [0.15, 0.2) is 6.61 Å². The zero-order valence-corrected chi connectivity index (χ0v) is 9.84. The summed E-state index contributed by atoms with van der Waals surface area (Å²) in [7, 11) is 1.87. The van der Waals surface area contributed by atoms with Crippen LogP contribution in [0.4, 0.5) is 13.2 Å². The first-order valence-electron chi connectivity index (χ1n) is 5.36. The first-order valence-corrected chi connectivity index (χ1v) is 5.36. The van der Waals surface area contributed by atoms with Crippen LogP contribution < -0.4 is 10.1 Å². The number of halogens is 3. The molecule has 0 aliphatic carbocycles. The van der Waals surface area contributed by atoms with Crippen LogP contribution in [0.15, 0.2) is 24.3 Å². The van der Waals surface area contributed by atoms with Crippen molar-refractivity contribution in [2.45, 2.75) is 25.6 Å². The number of hydrogen-bond acceptors (Lipinski definition) is 2. The lowest BCUT2D eigenvalue weighted by atomic mass is 10.1. The number of likely N-dealkylation sites (N-methyl/N-ethyl adjacent to an activating group) is 1. The number of rotatable bonds is 5. The monoisotopic (exact) mass is 247 g/mol. The van der Waals surface area contributed by atoms with Gasteiger partial charge in [0.05, 0.1) is 0 Å². The normalized spacial score (nSPS) is 13.5. The van der Waals surface area contributed by atoms with E-state index in [9.17, 15) is 13.2 Å². The van der Waals surface area contributed by atoms with Crippen LogP contribution in [0.1, 0.15) is 12.5 Å². The van der Waals surface area contributed by atoms with E-state index >= 15 is 0 Å². The van der Waals surface area contributed by atoms with Crippen molar-refractivity contribution in [1.29, 1.82) is 0 Å². The Balaban J connectivity index is 2.50. The largest absolute Gasteiger partial charge is 0.484 e. The van der Waals surface area contributed by atoms with Crippen LogP contribution in [0, 0.1) is 0 Å². The van der Waals surface area contributed by atoms with E-state index in [1.54, 1.807) is 24.3 Å². The molecule has 1 unspecified atom stereocenters. The summed E-state index contributed by atoms with van der Waals surface area (Å²) in [6, 6.07) is 7.00. The van der Waals surface area contributed by atoms with E-state index in [-0.39, 0.29) is 5.75 Å². The van der Waals surface area contributed by atoms with Gasteiger partial charge in [-0.25, -0.2) is 0 Å². The smallest absolute Gasteiger partial charge is 0.422 e. The van der Waals surface area contributed by atoms with Crippen LogP contribution in [0.5, 0.6) is 5.75 Å². The number of benzene rings is 1. The molecule has 0 radical (unpaired) electrons. The van der Waals surface area contributed by atoms with Crippen molar-refractivity contribution in [2.24, 2.45) is 0 Å². The minimum atomic E-state index is -4.29. The molecule has 0 aliphatic rings. The quantitative estimate of drug-likeness (QED) is 0.863. The highest BCUT2D eigenvalue weighted by Crippen LogP contribution is 2.19. The summed E-state index contributed by atoms with van der Waals surface area (Å²) in [6.07, 6.45) is -3.46. The van der Waals surface area contributed by atoms with Gasteiger partial charge in [-0.3, -0.25) is 0 Å². The van der Waals surface area contributed by atoms with Crippen molar-refractivity contribution in [2.75, 3.05) is 13.7 Å². The Kier molecular flexibility index (Phi) is 4.81. The van der Waals surface area contributed by atoms with Gasteiger partial charge in [-0.05, 0) is 38.1 Å². The fraction of sp³-hybridized carbons (Fsp3) is 0.500. The van der Waals surface area contributed by atoms with E-state index in [4.69, 9.17) is 0 Å². The number of alkyl halides is 3. The fourth-order valence-electron chi connectivity index (χ4n) is 1.34. The van der Waals surface area contributed by atoms with Gasteiger partial charge in [0.25, 0.3) is 0 Å². The Morgan fingerprint density at radius 2 is 1.82 bits per heavy atom. The Labute approximate surface area is 98.8 Å². The topological polar surface area (TPSA) is 21.3 Å². The lowest BCUT2D eigenvalue weighted by Gasteiger charge is -2.11. The first-order chi connectivity index (χ1) is 7.90. The van der Waals surface area contributed by atoms with Gasteiger partial charge in [0, 0.05) is 6.04 Å². The molecule has 1 N–H and O–H groups in total. The van der Waals surface area contributed by atoms with Gasteiger partial charge in [0.1, 0.15) is 5.75 Å². The summed E-state index contributed by atoms with van der Waals surface area (Å²) < 4.78 is 40.3. The highest BCUT2D eigenvalue weighted by Gasteiger charge is 2.28. The van der Waals surface area contributed by atoms with Crippen LogP contribution in [0.25, 0.3) is 0 Å². The molecule has 1 rings (SSSR count). The molecule has 0 bridgehead atoms. The molecule has 0 aromatic heterocycles. The molecule has 1 atom stereocenters. The van der Waals surface area contributed by atoms with E-state index in [1.807, 2.05) is 14.0 Å². The first kappa shape index (κ1) is 13.8. The van der Waals surface area contributed by atoms with Crippen molar-refractivity contribution >= 4 is 0 Å². The molecule has 0 saturated heterocycles. The Morgan fingerprint density at radius 1 is 1.24 bits per heavy atom. The van der Waals surface area contributed by atoms with Gasteiger partial charge in [-0.1, -0.05) is 12.1 Å². The third-order valence-corrected chi connectivity index (χ3v) is 2.36. The summed E-state index contributed by atoms with van der Waals surface area (Å²) >= 11 is 0. The lowest BCUT2D eigenvalue weighted by Crippen LogP contribution is -2.23. The molecular formula is C12H16F3NO. The van der Waals surface area contributed by atoms with Gasteiger partial charge in [0.2, 0.25) is 0 Å². The standard InChI is InChI=1S/C12H16F3NO/c1-9(16-2)7-10-3-5-11(6-4-10)17-8-12(13,14)15/h3-6,9,16H,7-8H2,1-2H3. The van der Waals surface area contributed by atoms with Crippen molar-refractivity contribution in [1.82, 2.24) is 5.32 Å². The highest BCUT2D eigenvalue weighted by molar-refractivity contribution is 5.27. The van der Waals surface area contributed by atoms with Crippen LogP contribution in [0.3, 0.4) is 0 Å². The zero-order chi connectivity index (χ0) is 12.9. The van der Waals surface area contributed by atoms with Crippen LogP contribution in [-0.4, -0.2) is 25.9 Å². The van der Waals surface area contributed by atoms with Gasteiger partial charge >= 0.3 is 6.18 Å². The molecule has 0 amide bonds. The van der Waals surface area contributed by atoms with E-state index in [0.29, 0.717) is 6.04 Å². The number of ether oxygens (including phenoxy) is 1. The SMILES string of the molecule is CNC(C)Cc1ccc(OCC(F)(F)F)cc1. The number of nitrogens with one attached hydrogen (secondary N) is 1. The van der Waals surface area contributed by atoms with Gasteiger partial charge in [-0.15, -0.1) is 0 Å². The molecule has 96 valence electrons. The van der Waals surface area contributed by atoms with Crippen molar-refractivity contribution in [3.63, 3.8) is 0 Å². The zero-order valence-electron chi connectivity index (χ0n) is 9.84. The predicted octanol–water partition coefficient (Wildman–Crippen LogP) is 2.78. The third-order valence-electron chi connectivity index (χ3n) is 2.36. The second-order valence-corrected chi connectivity index (χ2v) is 3.94. The molecule has 5 heteroatoms. The maximum atomic E-state index is 11.9. The molecule has 1 aromatic carbocycles. The predicted molar refractivity (Wildman–Crippen MR) is 60.2 cm³/mol. The van der Waals surface area contributed by atoms with Gasteiger partial charge < -0.3 is 10.1 Å². The van der Waals surface area contributed by atoms with E-state index < -0.39 is 12.8 Å². The molecule has 0 spiro atoms. The second-order valence-electron chi connectivity index (χ2n) is 3.94. The summed E-state index contributed by atoms with van der Waals surface area (Å²) in [6.45, 7) is 0.785. The molecular weight excluding hydrogens is 231 g/mol. The highest BCUT2D eigenvalue weighted by atomic mass is 19.4. The summed E-state index contributed by atoms with van der Waals surface area (Å²) in [5.74, 6) is 0.239. The summed E-state index contributed by atoms with van der Waals surface area (Å²) in [5, 5.41) is 3.09. The average Bonchev–Trinajstić information content (AvgIpc) is 2.27. The minimum Gasteiger partial charge on any atom is -0.484 e. The minimum absolute atomic E-state index is 0.239. The lowest BCUT2D eigenvalue weighted by molar-refractivity contribution is -0.153. The van der Waals surface area contributed by atoms with Crippen LogP contribution in [-0.2, 0) is 6.42 Å². The van der Waals surface area contributed by atoms with Crippen LogP contribution in [0.2, 0.25) is 0 Å². The Hall–Kier alpha value is -1.23. The average molecular weight is 247 g/mol. The Morgan fingerprint density at radius 3 is 2.29 bits per heavy atom. The van der Waals surface area contributed by atoms with E-state index in [1.165, 1.54) is 0 Å². The van der Waals surface area contributed by atoms with Gasteiger partial charge in [-0.2, -0.15) is 13.2 Å². The van der Waals surface area contributed by atoms with Crippen molar-refractivity contribution in [3.05, 3.63) is 29.8 Å². The maximum absolute atomic E-state index is 11.9.